The van der Waals surface area contributed by atoms with E-state index in [-0.39, 0.29) is 6.42 Å². The highest BCUT2D eigenvalue weighted by molar-refractivity contribution is 5.69. The van der Waals surface area contributed by atoms with Crippen LogP contribution in [-0.2, 0) is 11.2 Å². The summed E-state index contributed by atoms with van der Waals surface area (Å²) in [6.07, 6.45) is 2.49. The molecule has 4 rings (SSSR count). The molecular formula is C20H20N6O2. The highest BCUT2D eigenvalue weighted by atomic mass is 16.4. The van der Waals surface area contributed by atoms with Crippen LogP contribution in [0.1, 0.15) is 23.4 Å². The minimum absolute atomic E-state index is 0.0979. The van der Waals surface area contributed by atoms with Gasteiger partial charge >= 0.3 is 5.97 Å². The van der Waals surface area contributed by atoms with Crippen molar-refractivity contribution in [2.45, 2.75) is 26.7 Å². The SMILES string of the molecule is Cc1cn2c(Nc3cc(C)[nH]n3)nc(-c3cccc(CCC(=O)O)c3)cc2n1. The Balaban J connectivity index is 1.75. The van der Waals surface area contributed by atoms with Crippen molar-refractivity contribution in [2.24, 2.45) is 0 Å². The van der Waals surface area contributed by atoms with E-state index in [0.29, 0.717) is 18.2 Å². The van der Waals surface area contributed by atoms with Gasteiger partial charge < -0.3 is 10.4 Å². The van der Waals surface area contributed by atoms with Gasteiger partial charge in [0.25, 0.3) is 0 Å². The van der Waals surface area contributed by atoms with Gasteiger partial charge in [-0.2, -0.15) is 5.10 Å². The third-order valence-electron chi connectivity index (χ3n) is 4.37. The smallest absolute Gasteiger partial charge is 0.303 e. The van der Waals surface area contributed by atoms with Gasteiger partial charge in [0.05, 0.1) is 11.4 Å². The predicted molar refractivity (Wildman–Crippen MR) is 106 cm³/mol. The number of nitrogens with one attached hydrogen (secondary N) is 2. The molecule has 3 heterocycles. The lowest BCUT2D eigenvalue weighted by Crippen LogP contribution is -2.03. The molecular weight excluding hydrogens is 356 g/mol. The summed E-state index contributed by atoms with van der Waals surface area (Å²) >= 11 is 0. The van der Waals surface area contributed by atoms with Crippen molar-refractivity contribution in [3.05, 3.63) is 59.5 Å². The molecule has 0 spiro atoms. The average Bonchev–Trinajstić information content (AvgIpc) is 3.24. The van der Waals surface area contributed by atoms with Crippen LogP contribution < -0.4 is 5.32 Å². The number of nitrogens with zero attached hydrogens (tertiary/aromatic N) is 4. The summed E-state index contributed by atoms with van der Waals surface area (Å²) in [6, 6.07) is 11.6. The first-order valence-corrected chi connectivity index (χ1v) is 8.95. The standard InChI is InChI=1S/C20H20N6O2/c1-12-8-17(25-24-12)23-20-22-16(10-18-21-13(2)11-26(18)20)15-5-3-4-14(9-15)6-7-19(27)28/h3-5,8-11H,6-7H2,1-2H3,(H,27,28)(H2,22,23,24,25). The van der Waals surface area contributed by atoms with Crippen molar-refractivity contribution in [3.63, 3.8) is 0 Å². The lowest BCUT2D eigenvalue weighted by Gasteiger charge is -2.10. The molecule has 1 aromatic carbocycles. The molecule has 0 bridgehead atoms. The van der Waals surface area contributed by atoms with Gasteiger partial charge in [0.1, 0.15) is 5.65 Å². The number of anilines is 2. The van der Waals surface area contributed by atoms with Crippen LogP contribution in [-0.4, -0.2) is 35.6 Å². The minimum atomic E-state index is -0.807. The summed E-state index contributed by atoms with van der Waals surface area (Å²) in [7, 11) is 0. The van der Waals surface area contributed by atoms with E-state index in [1.807, 2.05) is 60.8 Å². The van der Waals surface area contributed by atoms with E-state index in [0.717, 1.165) is 33.9 Å². The lowest BCUT2D eigenvalue weighted by atomic mass is 10.0. The van der Waals surface area contributed by atoms with Gasteiger partial charge in [-0.05, 0) is 31.9 Å². The Bertz CT molecular complexity index is 1160. The summed E-state index contributed by atoms with van der Waals surface area (Å²) in [5.74, 6) is 0.471. The molecule has 0 aliphatic carbocycles. The number of H-pyrrole nitrogens is 1. The van der Waals surface area contributed by atoms with E-state index in [2.05, 4.69) is 20.5 Å². The van der Waals surface area contributed by atoms with Crippen LogP contribution in [0.15, 0.2) is 42.6 Å². The molecule has 4 aromatic rings. The molecule has 8 heteroatoms. The molecule has 0 saturated heterocycles. The summed E-state index contributed by atoms with van der Waals surface area (Å²) in [5.41, 5.74) is 5.22. The number of aromatic amines is 1. The number of hydrogen-bond acceptors (Lipinski definition) is 5. The molecule has 0 saturated carbocycles. The largest absolute Gasteiger partial charge is 0.481 e. The number of carboxylic acids is 1. The monoisotopic (exact) mass is 376 g/mol. The van der Waals surface area contributed by atoms with Crippen LogP contribution in [0.4, 0.5) is 11.8 Å². The lowest BCUT2D eigenvalue weighted by molar-refractivity contribution is -0.136. The Morgan fingerprint density at radius 2 is 2.07 bits per heavy atom. The molecule has 0 atom stereocenters. The predicted octanol–water partition coefficient (Wildman–Crippen LogP) is 3.50. The second kappa shape index (κ2) is 7.15. The highest BCUT2D eigenvalue weighted by Crippen LogP contribution is 2.25. The van der Waals surface area contributed by atoms with Gasteiger partial charge in [-0.1, -0.05) is 18.2 Å². The Kier molecular flexibility index (Phi) is 4.52. The first kappa shape index (κ1) is 17.7. The number of aromatic nitrogens is 5. The van der Waals surface area contributed by atoms with Crippen molar-refractivity contribution in [1.82, 2.24) is 24.6 Å². The van der Waals surface area contributed by atoms with Gasteiger partial charge in [-0.25, -0.2) is 9.97 Å². The van der Waals surface area contributed by atoms with E-state index in [1.165, 1.54) is 0 Å². The van der Waals surface area contributed by atoms with Crippen LogP contribution in [0.25, 0.3) is 16.9 Å². The Labute approximate surface area is 161 Å². The maximum atomic E-state index is 10.9. The normalized spacial score (nSPS) is 11.1. The number of carboxylic acid groups (broad SMARTS) is 1. The quantitative estimate of drug-likeness (QED) is 0.475. The van der Waals surface area contributed by atoms with E-state index in [9.17, 15) is 4.79 Å². The fourth-order valence-corrected chi connectivity index (χ4v) is 3.08. The first-order valence-electron chi connectivity index (χ1n) is 8.95. The second-order valence-electron chi connectivity index (χ2n) is 6.73. The van der Waals surface area contributed by atoms with Gasteiger partial charge in [0, 0.05) is 36.0 Å². The van der Waals surface area contributed by atoms with Crippen molar-refractivity contribution < 1.29 is 9.90 Å². The molecule has 0 amide bonds. The number of aryl methyl sites for hydroxylation is 3. The first-order chi connectivity index (χ1) is 13.5. The van der Waals surface area contributed by atoms with Crippen molar-refractivity contribution in [3.8, 4) is 11.3 Å². The summed E-state index contributed by atoms with van der Waals surface area (Å²) in [4.78, 5) is 20.2. The summed E-state index contributed by atoms with van der Waals surface area (Å²) in [6.45, 7) is 3.86. The van der Waals surface area contributed by atoms with E-state index in [1.54, 1.807) is 0 Å². The highest BCUT2D eigenvalue weighted by Gasteiger charge is 2.12. The molecule has 3 N–H and O–H groups in total. The van der Waals surface area contributed by atoms with Crippen LogP contribution in [0, 0.1) is 13.8 Å². The number of aliphatic carboxylic acids is 1. The van der Waals surface area contributed by atoms with Gasteiger partial charge in [-0.3, -0.25) is 14.3 Å². The number of imidazole rings is 1. The zero-order valence-corrected chi connectivity index (χ0v) is 15.6. The molecule has 28 heavy (non-hydrogen) atoms. The number of rotatable bonds is 6. The molecule has 142 valence electrons. The number of hydrogen-bond donors (Lipinski definition) is 3. The van der Waals surface area contributed by atoms with Gasteiger partial charge in [-0.15, -0.1) is 0 Å². The maximum Gasteiger partial charge on any atom is 0.303 e. The zero-order chi connectivity index (χ0) is 19.7. The summed E-state index contributed by atoms with van der Waals surface area (Å²) < 4.78 is 1.89. The third kappa shape index (κ3) is 3.71. The van der Waals surface area contributed by atoms with Crippen molar-refractivity contribution >= 4 is 23.4 Å². The minimum Gasteiger partial charge on any atom is -0.481 e. The summed E-state index contributed by atoms with van der Waals surface area (Å²) in [5, 5.41) is 19.3. The molecule has 0 radical (unpaired) electrons. The maximum absolute atomic E-state index is 10.9. The molecule has 3 aromatic heterocycles. The van der Waals surface area contributed by atoms with Crippen LogP contribution in [0.3, 0.4) is 0 Å². The second-order valence-corrected chi connectivity index (χ2v) is 6.73. The molecule has 0 aliphatic rings. The van der Waals surface area contributed by atoms with Gasteiger partial charge in [0.15, 0.2) is 5.82 Å². The van der Waals surface area contributed by atoms with Crippen LogP contribution >= 0.6 is 0 Å². The number of fused-ring (bicyclic) bond motifs is 1. The fraction of sp³-hybridized carbons (Fsp3) is 0.200. The van der Waals surface area contributed by atoms with E-state index < -0.39 is 5.97 Å². The Morgan fingerprint density at radius 1 is 1.21 bits per heavy atom. The van der Waals surface area contributed by atoms with Crippen molar-refractivity contribution in [2.75, 3.05) is 5.32 Å². The zero-order valence-electron chi connectivity index (χ0n) is 15.6. The fourth-order valence-electron chi connectivity index (χ4n) is 3.08. The van der Waals surface area contributed by atoms with Crippen molar-refractivity contribution in [1.29, 1.82) is 0 Å². The average molecular weight is 376 g/mol. The molecule has 0 fully saturated rings. The molecule has 0 unspecified atom stereocenters. The van der Waals surface area contributed by atoms with Crippen LogP contribution in [0.2, 0.25) is 0 Å². The Morgan fingerprint density at radius 3 is 2.82 bits per heavy atom. The van der Waals surface area contributed by atoms with E-state index >= 15 is 0 Å². The number of benzene rings is 1. The Hall–Kier alpha value is -3.68. The third-order valence-corrected chi connectivity index (χ3v) is 4.37. The molecule has 0 aliphatic heterocycles. The number of carbonyl (C=O) groups is 1. The van der Waals surface area contributed by atoms with Gasteiger partial charge in [0.2, 0.25) is 5.95 Å². The van der Waals surface area contributed by atoms with Crippen LogP contribution in [0.5, 0.6) is 0 Å². The topological polar surface area (TPSA) is 108 Å². The molecule has 8 nitrogen and oxygen atoms in total. The van der Waals surface area contributed by atoms with E-state index in [4.69, 9.17) is 10.1 Å².